The average Bonchev–Trinajstić information content (AvgIpc) is 3.23. The van der Waals surface area contributed by atoms with Gasteiger partial charge >= 0.3 is 0 Å². The summed E-state index contributed by atoms with van der Waals surface area (Å²) in [5.41, 5.74) is 1.13. The van der Waals surface area contributed by atoms with E-state index >= 15 is 0 Å². The van der Waals surface area contributed by atoms with Gasteiger partial charge in [-0.1, -0.05) is 23.7 Å². The molecule has 0 bridgehead atoms. The number of benzene rings is 2. The minimum Gasteiger partial charge on any atom is -0.490 e. The SMILES string of the molecule is CCOc1cc(C(=O)Nc2nc3n(n2)C(c2ccc(Cl)cc2)CC(=O)N3)cc(OCC)c1OCC. The Bertz CT molecular complexity index is 1200. The van der Waals surface area contributed by atoms with Crippen LogP contribution in [0, 0.1) is 0 Å². The molecule has 184 valence electrons. The Hall–Kier alpha value is -3.79. The molecule has 10 nitrogen and oxygen atoms in total. The van der Waals surface area contributed by atoms with Crippen LogP contribution in [0.25, 0.3) is 0 Å². The molecule has 4 rings (SSSR count). The van der Waals surface area contributed by atoms with E-state index in [0.29, 0.717) is 42.1 Å². The second-order valence-electron chi connectivity index (χ2n) is 7.58. The molecule has 1 aromatic heterocycles. The van der Waals surface area contributed by atoms with Gasteiger partial charge in [0.05, 0.1) is 32.3 Å². The van der Waals surface area contributed by atoms with Gasteiger partial charge in [0.25, 0.3) is 11.9 Å². The monoisotopic (exact) mass is 499 g/mol. The summed E-state index contributed by atoms with van der Waals surface area (Å²) in [7, 11) is 0. The van der Waals surface area contributed by atoms with Crippen molar-refractivity contribution in [1.82, 2.24) is 14.8 Å². The first-order valence-corrected chi connectivity index (χ1v) is 11.7. The van der Waals surface area contributed by atoms with Gasteiger partial charge in [0.1, 0.15) is 0 Å². The number of hydrogen-bond acceptors (Lipinski definition) is 7. The van der Waals surface area contributed by atoms with E-state index in [1.807, 2.05) is 32.9 Å². The van der Waals surface area contributed by atoms with Crippen LogP contribution in [0.1, 0.15) is 49.2 Å². The Morgan fingerprint density at radius 1 is 1.09 bits per heavy atom. The fraction of sp³-hybridized carbons (Fsp3) is 0.333. The standard InChI is InChI=1S/C24H26ClN5O5/c1-4-33-18-11-15(12-19(34-5-2)21(18)35-6-3)22(32)27-23-28-24-26-20(31)13-17(30(24)29-23)14-7-9-16(25)10-8-14/h7-12,17H,4-6,13H2,1-3H3,(H2,26,27,28,29,31,32). The Balaban J connectivity index is 1.63. The van der Waals surface area contributed by atoms with Gasteiger partial charge < -0.3 is 14.2 Å². The topological polar surface area (TPSA) is 117 Å². The molecule has 1 aliphatic rings. The number of anilines is 2. The first-order valence-electron chi connectivity index (χ1n) is 11.3. The molecule has 2 N–H and O–H groups in total. The molecule has 0 spiro atoms. The van der Waals surface area contributed by atoms with Crippen molar-refractivity contribution in [3.63, 3.8) is 0 Å². The van der Waals surface area contributed by atoms with Crippen molar-refractivity contribution in [2.45, 2.75) is 33.2 Å². The molecule has 1 atom stereocenters. The third-order valence-electron chi connectivity index (χ3n) is 5.21. The largest absolute Gasteiger partial charge is 0.490 e. The van der Waals surface area contributed by atoms with Crippen LogP contribution >= 0.6 is 11.6 Å². The molecular formula is C24H26ClN5O5. The number of rotatable bonds is 9. The summed E-state index contributed by atoms with van der Waals surface area (Å²) < 4.78 is 18.7. The van der Waals surface area contributed by atoms with Crippen molar-refractivity contribution >= 4 is 35.3 Å². The van der Waals surface area contributed by atoms with Crippen molar-refractivity contribution in [1.29, 1.82) is 0 Å². The summed E-state index contributed by atoms with van der Waals surface area (Å²) in [6, 6.07) is 9.95. The van der Waals surface area contributed by atoms with Gasteiger partial charge in [-0.25, -0.2) is 4.68 Å². The smallest absolute Gasteiger partial charge is 0.258 e. The molecular weight excluding hydrogens is 474 g/mol. The lowest BCUT2D eigenvalue weighted by molar-refractivity contribution is -0.117. The minimum absolute atomic E-state index is 0.0518. The minimum atomic E-state index is -0.465. The molecule has 2 heterocycles. The normalized spacial score (nSPS) is 14.6. The number of carbonyl (C=O) groups excluding carboxylic acids is 2. The maximum absolute atomic E-state index is 13.1. The van der Waals surface area contributed by atoms with Crippen LogP contribution in [0.3, 0.4) is 0 Å². The van der Waals surface area contributed by atoms with Gasteiger partial charge in [-0.3, -0.25) is 20.2 Å². The van der Waals surface area contributed by atoms with Crippen molar-refractivity contribution < 1.29 is 23.8 Å². The van der Waals surface area contributed by atoms with Crippen LogP contribution in [0.2, 0.25) is 5.02 Å². The number of ether oxygens (including phenoxy) is 3. The lowest BCUT2D eigenvalue weighted by Gasteiger charge is -2.23. The van der Waals surface area contributed by atoms with Crippen LogP contribution in [-0.4, -0.2) is 46.4 Å². The van der Waals surface area contributed by atoms with E-state index in [4.69, 9.17) is 25.8 Å². The molecule has 0 fully saturated rings. The molecule has 0 saturated carbocycles. The summed E-state index contributed by atoms with van der Waals surface area (Å²) in [6.45, 7) is 6.72. The molecule has 0 radical (unpaired) electrons. The lowest BCUT2D eigenvalue weighted by Crippen LogP contribution is -2.29. The summed E-state index contributed by atoms with van der Waals surface area (Å²) >= 11 is 6.00. The molecule has 2 aromatic carbocycles. The fourth-order valence-electron chi connectivity index (χ4n) is 3.75. The molecule has 35 heavy (non-hydrogen) atoms. The van der Waals surface area contributed by atoms with Crippen LogP contribution in [0.5, 0.6) is 17.2 Å². The quantitative estimate of drug-likeness (QED) is 0.450. The summed E-state index contributed by atoms with van der Waals surface area (Å²) in [4.78, 5) is 29.7. The summed E-state index contributed by atoms with van der Waals surface area (Å²) in [5.74, 6) is 0.875. The first kappa shape index (κ1) is 24.3. The van der Waals surface area contributed by atoms with E-state index in [2.05, 4.69) is 20.7 Å². The summed E-state index contributed by atoms with van der Waals surface area (Å²) in [5, 5.41) is 10.4. The number of hydrogen-bond donors (Lipinski definition) is 2. The Labute approximate surface area is 207 Å². The van der Waals surface area contributed by atoms with Crippen molar-refractivity contribution in [2.75, 3.05) is 30.5 Å². The van der Waals surface area contributed by atoms with E-state index in [-0.39, 0.29) is 35.8 Å². The second-order valence-corrected chi connectivity index (χ2v) is 8.01. The van der Waals surface area contributed by atoms with Gasteiger partial charge in [-0.2, -0.15) is 4.98 Å². The average molecular weight is 500 g/mol. The Morgan fingerprint density at radius 3 is 2.31 bits per heavy atom. The van der Waals surface area contributed by atoms with E-state index < -0.39 is 5.91 Å². The molecule has 0 saturated heterocycles. The lowest BCUT2D eigenvalue weighted by atomic mass is 10.0. The highest BCUT2D eigenvalue weighted by Gasteiger charge is 2.30. The zero-order valence-electron chi connectivity index (χ0n) is 19.6. The molecule has 1 unspecified atom stereocenters. The van der Waals surface area contributed by atoms with Gasteiger partial charge in [0.2, 0.25) is 17.6 Å². The van der Waals surface area contributed by atoms with Gasteiger partial charge in [-0.15, -0.1) is 5.10 Å². The second kappa shape index (κ2) is 10.6. The molecule has 11 heteroatoms. The highest BCUT2D eigenvalue weighted by atomic mass is 35.5. The maximum atomic E-state index is 13.1. The first-order chi connectivity index (χ1) is 16.9. The van der Waals surface area contributed by atoms with Crippen molar-refractivity contribution in [3.05, 3.63) is 52.5 Å². The Kier molecular flexibility index (Phi) is 7.40. The van der Waals surface area contributed by atoms with Crippen LogP contribution in [-0.2, 0) is 4.79 Å². The third-order valence-corrected chi connectivity index (χ3v) is 5.46. The van der Waals surface area contributed by atoms with E-state index in [9.17, 15) is 9.59 Å². The van der Waals surface area contributed by atoms with Crippen LogP contribution in [0.15, 0.2) is 36.4 Å². The van der Waals surface area contributed by atoms with Crippen molar-refractivity contribution in [3.8, 4) is 17.2 Å². The number of fused-ring (bicyclic) bond motifs is 1. The highest BCUT2D eigenvalue weighted by Crippen LogP contribution is 2.39. The van der Waals surface area contributed by atoms with Gasteiger partial charge in [-0.05, 0) is 50.6 Å². The zero-order chi connectivity index (χ0) is 24.9. The van der Waals surface area contributed by atoms with Crippen molar-refractivity contribution in [2.24, 2.45) is 0 Å². The molecule has 3 aromatic rings. The Morgan fingerprint density at radius 2 is 1.71 bits per heavy atom. The number of aromatic nitrogens is 3. The maximum Gasteiger partial charge on any atom is 0.258 e. The van der Waals surface area contributed by atoms with Gasteiger partial charge in [0, 0.05) is 10.6 Å². The number of amides is 2. The number of nitrogens with zero attached hydrogens (tertiary/aromatic N) is 3. The third kappa shape index (κ3) is 5.32. The zero-order valence-corrected chi connectivity index (χ0v) is 20.4. The van der Waals surface area contributed by atoms with Gasteiger partial charge in [0.15, 0.2) is 11.5 Å². The predicted octanol–water partition coefficient (Wildman–Crippen LogP) is 4.31. The van der Waals surface area contributed by atoms with E-state index in [1.165, 1.54) is 0 Å². The molecule has 0 aliphatic carbocycles. The number of halogens is 1. The van der Waals surface area contributed by atoms with Crippen LogP contribution < -0.4 is 24.8 Å². The predicted molar refractivity (Wildman–Crippen MR) is 131 cm³/mol. The fourth-order valence-corrected chi connectivity index (χ4v) is 3.88. The number of nitrogens with one attached hydrogen (secondary N) is 2. The number of carbonyl (C=O) groups is 2. The highest BCUT2D eigenvalue weighted by molar-refractivity contribution is 6.30. The van der Waals surface area contributed by atoms with E-state index in [1.54, 1.807) is 28.9 Å². The van der Waals surface area contributed by atoms with Crippen LogP contribution in [0.4, 0.5) is 11.9 Å². The van der Waals surface area contributed by atoms with E-state index in [0.717, 1.165) is 5.56 Å². The molecule has 1 aliphatic heterocycles. The molecule has 2 amide bonds. The summed E-state index contributed by atoms with van der Waals surface area (Å²) in [6.07, 6.45) is 0.180.